The van der Waals surface area contributed by atoms with Gasteiger partial charge < -0.3 is 9.05 Å². The van der Waals surface area contributed by atoms with Crippen LogP contribution in [0.4, 0.5) is 34.7 Å². The molecule has 0 aliphatic rings. The van der Waals surface area contributed by atoms with Gasteiger partial charge in [-0.15, -0.1) is 0 Å². The van der Waals surface area contributed by atoms with Crippen LogP contribution >= 0.6 is 16.9 Å². The molecule has 0 saturated carbocycles. The van der Waals surface area contributed by atoms with Crippen LogP contribution in [-0.2, 0) is 9.05 Å². The lowest BCUT2D eigenvalue weighted by atomic mass is 10.7. The highest BCUT2D eigenvalue weighted by atomic mass is 31.2. The van der Waals surface area contributed by atoms with E-state index < -0.39 is 42.4 Å². The lowest BCUT2D eigenvalue weighted by Crippen LogP contribution is -2.17. The van der Waals surface area contributed by atoms with E-state index in [1.165, 1.54) is 0 Å². The fraction of sp³-hybridized carbons (Fsp3) is 1.00. The van der Waals surface area contributed by atoms with Gasteiger partial charge in [-0.1, -0.05) is 0 Å². The Hall–Kier alpha value is 0.0200. The Morgan fingerprint density at radius 1 is 0.882 bits per heavy atom. The molecule has 0 unspecified atom stereocenters. The molecule has 0 heterocycles. The molecule has 0 aromatic carbocycles. The van der Waals surface area contributed by atoms with E-state index in [0.717, 1.165) is 0 Å². The van der Waals surface area contributed by atoms with E-state index in [-0.39, 0.29) is 0 Å². The van der Waals surface area contributed by atoms with Crippen LogP contribution in [0.2, 0.25) is 0 Å². The van der Waals surface area contributed by atoms with E-state index in [1.54, 1.807) is 0 Å². The van der Waals surface area contributed by atoms with Crippen molar-refractivity contribution < 1.29 is 43.8 Å². The average Bonchev–Trinajstić information content (AvgIpc) is 2.06. The maximum Gasteiger partial charge on any atom is 0.412 e. The molecule has 0 saturated heterocycles. The van der Waals surface area contributed by atoms with Crippen molar-refractivity contribution in [3.05, 3.63) is 0 Å². The Balaban J connectivity index is 4.36. The first-order chi connectivity index (χ1) is 7.49. The van der Waals surface area contributed by atoms with E-state index in [2.05, 4.69) is 13.6 Å². The largest absolute Gasteiger partial charge is 0.412 e. The second-order valence-electron chi connectivity index (χ2n) is 2.39. The monoisotopic (exact) mass is 313 g/mol. The third-order valence-electron chi connectivity index (χ3n) is 0.876. The molecular formula is C4H5F8NO2P2. The van der Waals surface area contributed by atoms with E-state index in [4.69, 9.17) is 0 Å². The molecule has 0 radical (unpaired) electrons. The minimum Gasteiger partial charge on any atom is -0.316 e. The number of alkyl halides is 6. The van der Waals surface area contributed by atoms with Crippen LogP contribution in [0.1, 0.15) is 0 Å². The number of hydrogen-bond acceptors (Lipinski definition) is 3. The molecule has 0 spiro atoms. The molecule has 0 aromatic rings. The van der Waals surface area contributed by atoms with Crippen LogP contribution in [0.5, 0.6) is 0 Å². The second kappa shape index (κ2) is 6.82. The average molecular weight is 313 g/mol. The Kier molecular flexibility index (Phi) is 6.83. The first kappa shape index (κ1) is 17.0. The molecule has 0 aromatic heterocycles. The van der Waals surface area contributed by atoms with Gasteiger partial charge in [0.25, 0.3) is 0 Å². The van der Waals surface area contributed by atoms with Crippen molar-refractivity contribution in [1.82, 2.24) is 0 Å². The molecule has 0 bridgehead atoms. The van der Waals surface area contributed by atoms with Gasteiger partial charge >= 0.3 is 21.0 Å². The lowest BCUT2D eigenvalue weighted by molar-refractivity contribution is -0.161. The van der Waals surface area contributed by atoms with Gasteiger partial charge in [0.1, 0.15) is 0 Å². The number of rotatable bonds is 5. The fourth-order valence-corrected chi connectivity index (χ4v) is 2.06. The molecule has 0 aliphatic heterocycles. The molecule has 0 N–H and O–H groups in total. The third-order valence-corrected chi connectivity index (χ3v) is 2.92. The predicted octanol–water partition coefficient (Wildman–Crippen LogP) is 4.54. The van der Waals surface area contributed by atoms with Crippen molar-refractivity contribution >= 4 is 16.9 Å². The summed E-state index contributed by atoms with van der Waals surface area (Å²) in [6.07, 6.45) is -9.72. The summed E-state index contributed by atoms with van der Waals surface area (Å²) in [6, 6.07) is 0. The number of halogens is 8. The molecule has 0 rings (SSSR count). The van der Waals surface area contributed by atoms with Gasteiger partial charge in [-0.2, -0.15) is 39.3 Å². The van der Waals surface area contributed by atoms with E-state index in [0.29, 0.717) is 0 Å². The Morgan fingerprint density at radius 2 is 1.24 bits per heavy atom. The molecule has 0 atom stereocenters. The smallest absolute Gasteiger partial charge is 0.316 e. The summed E-state index contributed by atoms with van der Waals surface area (Å²) in [5, 5.41) is 0. The van der Waals surface area contributed by atoms with Crippen molar-refractivity contribution in [2.75, 3.05) is 13.2 Å². The van der Waals surface area contributed by atoms with Gasteiger partial charge in [0.2, 0.25) is 8.17 Å². The molecule has 13 heteroatoms. The van der Waals surface area contributed by atoms with Crippen molar-refractivity contribution in [1.29, 1.82) is 0 Å². The lowest BCUT2D eigenvalue weighted by Gasteiger charge is -2.12. The molecule has 3 nitrogen and oxygen atoms in total. The molecular weight excluding hydrogens is 308 g/mol. The second-order valence-corrected chi connectivity index (χ2v) is 4.73. The SMILES string of the molecule is FP(F)N=[PH](OCC(F)(F)F)OCC(F)(F)F. The van der Waals surface area contributed by atoms with Crippen LogP contribution < -0.4 is 0 Å². The highest BCUT2D eigenvalue weighted by Crippen LogP contribution is 2.49. The number of hydrogen-bond donors (Lipinski definition) is 0. The van der Waals surface area contributed by atoms with Crippen molar-refractivity contribution in [2.24, 2.45) is 4.52 Å². The molecule has 104 valence electrons. The minimum atomic E-state index is -4.86. The topological polar surface area (TPSA) is 30.8 Å². The summed E-state index contributed by atoms with van der Waals surface area (Å²) < 4.78 is 103. The van der Waals surface area contributed by atoms with Gasteiger partial charge in [0.15, 0.2) is 13.2 Å². The van der Waals surface area contributed by atoms with E-state index in [1.807, 2.05) is 0 Å². The van der Waals surface area contributed by atoms with Crippen LogP contribution in [0, 0.1) is 0 Å². The Morgan fingerprint density at radius 3 is 1.47 bits per heavy atom. The Labute approximate surface area is 91.8 Å². The van der Waals surface area contributed by atoms with Crippen LogP contribution in [-0.4, -0.2) is 25.6 Å². The van der Waals surface area contributed by atoms with Gasteiger partial charge in [0, 0.05) is 0 Å². The van der Waals surface area contributed by atoms with E-state index in [9.17, 15) is 34.7 Å². The van der Waals surface area contributed by atoms with Crippen molar-refractivity contribution in [2.45, 2.75) is 12.4 Å². The van der Waals surface area contributed by atoms with Gasteiger partial charge in [-0.25, -0.2) is 0 Å². The van der Waals surface area contributed by atoms with Gasteiger partial charge in [0.05, 0.1) is 0 Å². The van der Waals surface area contributed by atoms with Crippen molar-refractivity contribution in [3.8, 4) is 0 Å². The first-order valence-electron chi connectivity index (χ1n) is 3.59. The van der Waals surface area contributed by atoms with E-state index >= 15 is 0 Å². The quantitative estimate of drug-likeness (QED) is 0.551. The molecule has 0 amide bonds. The molecule has 0 fully saturated rings. The standard InChI is InChI=1S/C4H5F8NO2P2/c5-3(6,7)1-14-17(13-16(11)12)15-2-4(8,9)10/h17H,1-2H2. The number of nitrogens with zero attached hydrogens (tertiary/aromatic N) is 1. The summed E-state index contributed by atoms with van der Waals surface area (Å²) in [5.74, 6) is 0. The zero-order valence-electron chi connectivity index (χ0n) is 7.65. The van der Waals surface area contributed by atoms with Crippen molar-refractivity contribution in [3.63, 3.8) is 0 Å². The maximum absolute atomic E-state index is 11.7. The maximum atomic E-state index is 11.7. The normalized spacial score (nSPS) is 13.5. The van der Waals surface area contributed by atoms with Crippen LogP contribution in [0.3, 0.4) is 0 Å². The Bertz CT molecular complexity index is 243. The summed E-state index contributed by atoms with van der Waals surface area (Å²) in [5.41, 5.74) is 0. The molecule has 0 aliphatic carbocycles. The summed E-state index contributed by atoms with van der Waals surface area (Å²) in [4.78, 5) is 0. The van der Waals surface area contributed by atoms with Gasteiger partial charge in [-0.05, 0) is 0 Å². The minimum absolute atomic E-state index is 1.99. The predicted molar refractivity (Wildman–Crippen MR) is 43.9 cm³/mol. The molecule has 17 heavy (non-hydrogen) atoms. The third kappa shape index (κ3) is 12.3. The highest BCUT2D eigenvalue weighted by molar-refractivity contribution is 7.53. The first-order valence-corrected chi connectivity index (χ1v) is 5.93. The zero-order chi connectivity index (χ0) is 13.7. The summed E-state index contributed by atoms with van der Waals surface area (Å²) in [6.45, 7) is -3.99. The summed E-state index contributed by atoms with van der Waals surface area (Å²) >= 11 is 0. The fourth-order valence-electron chi connectivity index (χ4n) is 0.448. The summed E-state index contributed by atoms with van der Waals surface area (Å²) in [7, 11) is -7.70. The van der Waals surface area contributed by atoms with Crippen LogP contribution in [0.25, 0.3) is 0 Å². The zero-order valence-corrected chi connectivity index (χ0v) is 9.54. The highest BCUT2D eigenvalue weighted by Gasteiger charge is 2.31. The van der Waals surface area contributed by atoms with Gasteiger partial charge in [-0.3, -0.25) is 0 Å². The van der Waals surface area contributed by atoms with Crippen LogP contribution in [0.15, 0.2) is 4.52 Å².